The zero-order valence-electron chi connectivity index (χ0n) is 11.7. The minimum absolute atomic E-state index is 0.0127. The van der Waals surface area contributed by atoms with Crippen LogP contribution in [0.2, 0.25) is 5.02 Å². The van der Waals surface area contributed by atoms with E-state index in [4.69, 9.17) is 17.3 Å². The Morgan fingerprint density at radius 2 is 1.63 bits per heavy atom. The standard InChI is InChI=1S/C17H20ClN/c1-11-4-6-14(7-5-11)10-17(19)15-8-13(3)16(18)9-12(15)2/h4-9,17H,10,19H2,1-3H3. The first-order valence-electron chi connectivity index (χ1n) is 6.55. The number of hydrogen-bond donors (Lipinski definition) is 1. The van der Waals surface area contributed by atoms with Gasteiger partial charge in [0.15, 0.2) is 0 Å². The molecular formula is C17H20ClN. The number of rotatable bonds is 3. The third kappa shape index (κ3) is 3.37. The summed E-state index contributed by atoms with van der Waals surface area (Å²) in [4.78, 5) is 0. The van der Waals surface area contributed by atoms with Crippen LogP contribution < -0.4 is 5.73 Å². The first-order chi connectivity index (χ1) is 8.97. The molecule has 2 rings (SSSR count). The van der Waals surface area contributed by atoms with Crippen LogP contribution in [-0.4, -0.2) is 0 Å². The van der Waals surface area contributed by atoms with E-state index in [9.17, 15) is 0 Å². The first-order valence-corrected chi connectivity index (χ1v) is 6.93. The van der Waals surface area contributed by atoms with Gasteiger partial charge in [-0.2, -0.15) is 0 Å². The minimum Gasteiger partial charge on any atom is -0.324 e. The zero-order valence-corrected chi connectivity index (χ0v) is 12.5. The van der Waals surface area contributed by atoms with Crippen molar-refractivity contribution in [2.75, 3.05) is 0 Å². The molecule has 0 aliphatic carbocycles. The van der Waals surface area contributed by atoms with Crippen molar-refractivity contribution in [3.05, 3.63) is 69.2 Å². The van der Waals surface area contributed by atoms with Crippen molar-refractivity contribution in [3.63, 3.8) is 0 Å². The van der Waals surface area contributed by atoms with Crippen molar-refractivity contribution in [2.24, 2.45) is 5.73 Å². The summed E-state index contributed by atoms with van der Waals surface area (Å²) >= 11 is 6.13. The van der Waals surface area contributed by atoms with Crippen molar-refractivity contribution < 1.29 is 0 Å². The van der Waals surface area contributed by atoms with E-state index in [-0.39, 0.29) is 6.04 Å². The molecule has 1 nitrogen and oxygen atoms in total. The molecule has 1 atom stereocenters. The summed E-state index contributed by atoms with van der Waals surface area (Å²) in [7, 11) is 0. The highest BCUT2D eigenvalue weighted by molar-refractivity contribution is 6.31. The SMILES string of the molecule is Cc1ccc(CC(N)c2cc(C)c(Cl)cc2C)cc1. The van der Waals surface area contributed by atoms with E-state index in [1.54, 1.807) is 0 Å². The topological polar surface area (TPSA) is 26.0 Å². The summed E-state index contributed by atoms with van der Waals surface area (Å²) in [6, 6.07) is 12.7. The van der Waals surface area contributed by atoms with E-state index in [2.05, 4.69) is 44.2 Å². The molecule has 1 unspecified atom stereocenters. The molecule has 0 radical (unpaired) electrons. The number of hydrogen-bond acceptors (Lipinski definition) is 1. The highest BCUT2D eigenvalue weighted by Crippen LogP contribution is 2.26. The van der Waals surface area contributed by atoms with E-state index < -0.39 is 0 Å². The third-order valence-electron chi connectivity index (χ3n) is 3.52. The summed E-state index contributed by atoms with van der Waals surface area (Å²) in [6.45, 7) is 6.18. The monoisotopic (exact) mass is 273 g/mol. The Morgan fingerprint density at radius 3 is 2.26 bits per heavy atom. The van der Waals surface area contributed by atoms with Crippen molar-refractivity contribution in [3.8, 4) is 0 Å². The van der Waals surface area contributed by atoms with Gasteiger partial charge >= 0.3 is 0 Å². The van der Waals surface area contributed by atoms with Crippen LogP contribution in [0.5, 0.6) is 0 Å². The molecule has 0 saturated heterocycles. The van der Waals surface area contributed by atoms with E-state index in [1.165, 1.54) is 16.7 Å². The molecule has 0 spiro atoms. The van der Waals surface area contributed by atoms with Gasteiger partial charge in [-0.05, 0) is 55.5 Å². The maximum atomic E-state index is 6.34. The van der Waals surface area contributed by atoms with Crippen LogP contribution in [-0.2, 0) is 6.42 Å². The van der Waals surface area contributed by atoms with Crippen molar-refractivity contribution >= 4 is 11.6 Å². The Bertz CT molecular complexity index is 573. The van der Waals surface area contributed by atoms with Crippen molar-refractivity contribution in [1.29, 1.82) is 0 Å². The number of aryl methyl sites for hydroxylation is 3. The summed E-state index contributed by atoms with van der Waals surface area (Å²) in [5.41, 5.74) is 12.3. The Hall–Kier alpha value is -1.31. The van der Waals surface area contributed by atoms with Crippen LogP contribution in [0, 0.1) is 20.8 Å². The van der Waals surface area contributed by atoms with Gasteiger partial charge in [0.25, 0.3) is 0 Å². The van der Waals surface area contributed by atoms with Crippen LogP contribution in [0.15, 0.2) is 36.4 Å². The third-order valence-corrected chi connectivity index (χ3v) is 3.93. The summed E-state index contributed by atoms with van der Waals surface area (Å²) < 4.78 is 0. The Morgan fingerprint density at radius 1 is 1.00 bits per heavy atom. The fourth-order valence-corrected chi connectivity index (χ4v) is 2.51. The lowest BCUT2D eigenvalue weighted by Gasteiger charge is -2.16. The number of halogens is 1. The van der Waals surface area contributed by atoms with Gasteiger partial charge in [-0.25, -0.2) is 0 Å². The number of benzene rings is 2. The molecule has 19 heavy (non-hydrogen) atoms. The molecule has 2 aromatic rings. The maximum Gasteiger partial charge on any atom is 0.0438 e. The average molecular weight is 274 g/mol. The fourth-order valence-electron chi connectivity index (χ4n) is 2.29. The van der Waals surface area contributed by atoms with Gasteiger partial charge < -0.3 is 5.73 Å². The van der Waals surface area contributed by atoms with Crippen LogP contribution in [0.25, 0.3) is 0 Å². The second-order valence-electron chi connectivity index (χ2n) is 5.25. The number of nitrogens with two attached hydrogens (primary N) is 1. The Balaban J connectivity index is 2.22. The second kappa shape index (κ2) is 5.77. The predicted octanol–water partition coefficient (Wildman–Crippen LogP) is 4.51. The zero-order chi connectivity index (χ0) is 14.0. The Labute approximate surface area is 120 Å². The summed E-state index contributed by atoms with van der Waals surface area (Å²) in [6.07, 6.45) is 0.849. The lowest BCUT2D eigenvalue weighted by molar-refractivity contribution is 0.716. The van der Waals surface area contributed by atoms with Crippen LogP contribution >= 0.6 is 11.6 Å². The van der Waals surface area contributed by atoms with Gasteiger partial charge in [-0.15, -0.1) is 0 Å². The van der Waals surface area contributed by atoms with Crippen LogP contribution in [0.1, 0.15) is 33.9 Å². The molecule has 2 N–H and O–H groups in total. The molecule has 0 heterocycles. The van der Waals surface area contributed by atoms with E-state index in [0.717, 1.165) is 22.6 Å². The minimum atomic E-state index is 0.0127. The molecule has 2 heteroatoms. The molecular weight excluding hydrogens is 254 g/mol. The van der Waals surface area contributed by atoms with E-state index in [1.807, 2.05) is 13.0 Å². The van der Waals surface area contributed by atoms with Crippen molar-refractivity contribution in [2.45, 2.75) is 33.2 Å². The molecule has 0 amide bonds. The van der Waals surface area contributed by atoms with Gasteiger partial charge in [0, 0.05) is 11.1 Å². The van der Waals surface area contributed by atoms with Crippen LogP contribution in [0.3, 0.4) is 0 Å². The molecule has 0 fully saturated rings. The van der Waals surface area contributed by atoms with Crippen molar-refractivity contribution in [1.82, 2.24) is 0 Å². The lowest BCUT2D eigenvalue weighted by Crippen LogP contribution is -2.15. The smallest absolute Gasteiger partial charge is 0.0438 e. The summed E-state index contributed by atoms with van der Waals surface area (Å²) in [5, 5.41) is 0.809. The first kappa shape index (κ1) is 14.1. The molecule has 100 valence electrons. The quantitative estimate of drug-likeness (QED) is 0.875. The van der Waals surface area contributed by atoms with Crippen LogP contribution in [0.4, 0.5) is 0 Å². The van der Waals surface area contributed by atoms with E-state index >= 15 is 0 Å². The fraction of sp³-hybridized carbons (Fsp3) is 0.294. The van der Waals surface area contributed by atoms with Gasteiger partial charge in [-0.1, -0.05) is 47.5 Å². The molecule has 2 aromatic carbocycles. The lowest BCUT2D eigenvalue weighted by atomic mass is 9.94. The van der Waals surface area contributed by atoms with Gasteiger partial charge in [0.2, 0.25) is 0 Å². The molecule has 0 bridgehead atoms. The predicted molar refractivity (Wildman–Crippen MR) is 82.7 cm³/mol. The molecule has 0 aliphatic rings. The van der Waals surface area contributed by atoms with Gasteiger partial charge in [0.1, 0.15) is 0 Å². The maximum absolute atomic E-state index is 6.34. The Kier molecular flexibility index (Phi) is 4.28. The average Bonchev–Trinajstić information content (AvgIpc) is 2.36. The van der Waals surface area contributed by atoms with E-state index in [0.29, 0.717) is 0 Å². The highest BCUT2D eigenvalue weighted by atomic mass is 35.5. The van der Waals surface area contributed by atoms with Gasteiger partial charge in [-0.3, -0.25) is 0 Å². The highest BCUT2D eigenvalue weighted by Gasteiger charge is 2.11. The molecule has 0 aliphatic heterocycles. The largest absolute Gasteiger partial charge is 0.324 e. The summed E-state index contributed by atoms with van der Waals surface area (Å²) in [5.74, 6) is 0. The molecule has 0 saturated carbocycles. The normalized spacial score (nSPS) is 12.5. The molecule has 0 aromatic heterocycles. The van der Waals surface area contributed by atoms with Gasteiger partial charge in [0.05, 0.1) is 0 Å². The second-order valence-corrected chi connectivity index (χ2v) is 5.66.